The van der Waals surface area contributed by atoms with Gasteiger partial charge in [-0.25, -0.2) is 9.50 Å². The number of rotatable bonds is 3. The lowest BCUT2D eigenvalue weighted by atomic mass is 10.2. The molecule has 124 valence electrons. The molecule has 7 nitrogen and oxygen atoms in total. The van der Waals surface area contributed by atoms with Gasteiger partial charge in [0.25, 0.3) is 5.91 Å². The molecule has 0 saturated carbocycles. The van der Waals surface area contributed by atoms with Crippen LogP contribution in [0.1, 0.15) is 21.7 Å². The summed E-state index contributed by atoms with van der Waals surface area (Å²) in [6.07, 6.45) is 8.29. The van der Waals surface area contributed by atoms with Crippen LogP contribution < -0.4 is 5.32 Å². The highest BCUT2D eigenvalue weighted by molar-refractivity contribution is 6.08. The normalized spacial score (nSPS) is 11.0. The topological polar surface area (TPSA) is 77.1 Å². The number of amides is 1. The van der Waals surface area contributed by atoms with Gasteiger partial charge in [0.2, 0.25) is 0 Å². The molecule has 4 aromatic rings. The zero-order valence-electron chi connectivity index (χ0n) is 13.8. The third-order valence-electron chi connectivity index (χ3n) is 4.22. The van der Waals surface area contributed by atoms with Crippen molar-refractivity contribution in [3.05, 3.63) is 72.3 Å². The highest BCUT2D eigenvalue weighted by Crippen LogP contribution is 2.18. The van der Waals surface area contributed by atoms with Crippen LogP contribution in [0.3, 0.4) is 0 Å². The van der Waals surface area contributed by atoms with E-state index in [1.807, 2.05) is 42.7 Å². The number of aromatic nitrogens is 5. The molecule has 0 aliphatic rings. The van der Waals surface area contributed by atoms with Crippen molar-refractivity contribution in [3.8, 4) is 5.69 Å². The lowest BCUT2D eigenvalue weighted by Gasteiger charge is -2.08. The monoisotopic (exact) mass is 332 g/mol. The van der Waals surface area contributed by atoms with E-state index >= 15 is 0 Å². The van der Waals surface area contributed by atoms with Crippen LogP contribution in [0.5, 0.6) is 0 Å². The average Bonchev–Trinajstić information content (AvgIpc) is 3.20. The second-order valence-electron chi connectivity index (χ2n) is 5.75. The maximum atomic E-state index is 12.5. The van der Waals surface area contributed by atoms with E-state index in [1.165, 1.54) is 0 Å². The van der Waals surface area contributed by atoms with E-state index in [4.69, 9.17) is 0 Å². The fourth-order valence-corrected chi connectivity index (χ4v) is 2.67. The Labute approximate surface area is 144 Å². The molecular formula is C18H16N6O. The Morgan fingerprint density at radius 1 is 1.12 bits per heavy atom. The molecule has 0 aliphatic heterocycles. The van der Waals surface area contributed by atoms with E-state index in [9.17, 15) is 4.79 Å². The highest BCUT2D eigenvalue weighted by Gasteiger charge is 2.13. The van der Waals surface area contributed by atoms with Crippen LogP contribution in [0, 0.1) is 13.8 Å². The van der Waals surface area contributed by atoms with Crippen molar-refractivity contribution in [1.29, 1.82) is 0 Å². The molecule has 3 heterocycles. The largest absolute Gasteiger partial charge is 0.322 e. The van der Waals surface area contributed by atoms with Crippen LogP contribution in [0.4, 0.5) is 5.69 Å². The zero-order chi connectivity index (χ0) is 17.4. The fourth-order valence-electron chi connectivity index (χ4n) is 2.67. The number of imidazole rings is 1. The van der Waals surface area contributed by atoms with Gasteiger partial charge in [-0.2, -0.15) is 5.10 Å². The molecule has 25 heavy (non-hydrogen) atoms. The number of hydrogen-bond donors (Lipinski definition) is 1. The Hall–Kier alpha value is -3.48. The summed E-state index contributed by atoms with van der Waals surface area (Å²) in [6.45, 7) is 4.00. The standard InChI is InChI=1S/C18H16N6O/c1-12-13(2)23(11-20-12)15-5-3-14(4-6-15)22-18(25)16-9-21-24-8-7-19-10-17(16)24/h3-11H,1-2H3,(H,22,25). The molecule has 0 unspecified atom stereocenters. The SMILES string of the molecule is Cc1ncn(-c2ccc(NC(=O)c3cnn4ccncc34)cc2)c1C. The molecule has 0 spiro atoms. The van der Waals surface area contributed by atoms with E-state index in [0.717, 1.165) is 17.1 Å². The summed E-state index contributed by atoms with van der Waals surface area (Å²) >= 11 is 0. The molecule has 0 bridgehead atoms. The average molecular weight is 332 g/mol. The van der Waals surface area contributed by atoms with Gasteiger partial charge >= 0.3 is 0 Å². The maximum Gasteiger partial charge on any atom is 0.259 e. The summed E-state index contributed by atoms with van der Waals surface area (Å²) in [7, 11) is 0. The molecule has 3 aromatic heterocycles. The number of fused-ring (bicyclic) bond motifs is 1. The predicted octanol–water partition coefficient (Wildman–Crippen LogP) is 2.78. The molecule has 1 N–H and O–H groups in total. The van der Waals surface area contributed by atoms with Crippen molar-refractivity contribution in [2.75, 3.05) is 5.32 Å². The quantitative estimate of drug-likeness (QED) is 0.626. The second kappa shape index (κ2) is 5.86. The van der Waals surface area contributed by atoms with Gasteiger partial charge in [-0.1, -0.05) is 0 Å². The van der Waals surface area contributed by atoms with Crippen molar-refractivity contribution in [3.63, 3.8) is 0 Å². The van der Waals surface area contributed by atoms with Gasteiger partial charge in [-0.3, -0.25) is 9.78 Å². The van der Waals surface area contributed by atoms with Crippen LogP contribution >= 0.6 is 0 Å². The predicted molar refractivity (Wildman–Crippen MR) is 94.0 cm³/mol. The number of aryl methyl sites for hydroxylation is 1. The first kappa shape index (κ1) is 15.1. The van der Waals surface area contributed by atoms with Gasteiger partial charge in [0.05, 0.1) is 35.5 Å². The maximum absolute atomic E-state index is 12.5. The van der Waals surface area contributed by atoms with Crippen LogP contribution in [0.2, 0.25) is 0 Å². The van der Waals surface area contributed by atoms with E-state index in [-0.39, 0.29) is 5.91 Å². The van der Waals surface area contributed by atoms with E-state index in [2.05, 4.69) is 20.4 Å². The third kappa shape index (κ3) is 2.65. The summed E-state index contributed by atoms with van der Waals surface area (Å²) in [5, 5.41) is 7.04. The van der Waals surface area contributed by atoms with Crippen molar-refractivity contribution in [2.45, 2.75) is 13.8 Å². The molecule has 0 fully saturated rings. The van der Waals surface area contributed by atoms with Gasteiger partial charge in [-0.15, -0.1) is 0 Å². The summed E-state index contributed by atoms with van der Waals surface area (Å²) in [5.41, 5.74) is 4.96. The van der Waals surface area contributed by atoms with Gasteiger partial charge in [0.15, 0.2) is 0 Å². The van der Waals surface area contributed by atoms with E-state index in [0.29, 0.717) is 16.8 Å². The van der Waals surface area contributed by atoms with E-state index in [1.54, 1.807) is 35.6 Å². The summed E-state index contributed by atoms with van der Waals surface area (Å²) in [5.74, 6) is -0.217. The molecule has 0 atom stereocenters. The molecule has 7 heteroatoms. The molecule has 4 rings (SSSR count). The summed E-state index contributed by atoms with van der Waals surface area (Å²) in [4.78, 5) is 20.8. The lowest BCUT2D eigenvalue weighted by molar-refractivity contribution is 0.102. The first-order chi connectivity index (χ1) is 12.1. The Balaban J connectivity index is 1.57. The first-order valence-corrected chi connectivity index (χ1v) is 7.83. The lowest BCUT2D eigenvalue weighted by Crippen LogP contribution is -2.11. The Bertz CT molecular complexity index is 1060. The minimum Gasteiger partial charge on any atom is -0.322 e. The van der Waals surface area contributed by atoms with Gasteiger partial charge in [0, 0.05) is 29.5 Å². The Morgan fingerprint density at radius 2 is 1.92 bits per heavy atom. The molecule has 0 aliphatic carbocycles. The molecule has 1 aromatic carbocycles. The van der Waals surface area contributed by atoms with Gasteiger partial charge in [0.1, 0.15) is 0 Å². The van der Waals surface area contributed by atoms with Gasteiger partial charge < -0.3 is 9.88 Å². The number of carbonyl (C=O) groups excluding carboxylic acids is 1. The number of anilines is 1. The van der Waals surface area contributed by atoms with Crippen LogP contribution in [0.15, 0.2) is 55.4 Å². The Kier molecular flexibility index (Phi) is 3.53. The summed E-state index contributed by atoms with van der Waals surface area (Å²) in [6, 6.07) is 7.63. The first-order valence-electron chi connectivity index (χ1n) is 7.83. The van der Waals surface area contributed by atoms with Crippen molar-refractivity contribution < 1.29 is 4.79 Å². The Morgan fingerprint density at radius 3 is 2.64 bits per heavy atom. The number of carbonyl (C=O) groups is 1. The fraction of sp³-hybridized carbons (Fsp3) is 0.111. The third-order valence-corrected chi connectivity index (χ3v) is 4.22. The second-order valence-corrected chi connectivity index (χ2v) is 5.75. The van der Waals surface area contributed by atoms with Crippen LogP contribution in [0.25, 0.3) is 11.2 Å². The van der Waals surface area contributed by atoms with Crippen molar-refractivity contribution in [1.82, 2.24) is 24.1 Å². The smallest absolute Gasteiger partial charge is 0.259 e. The molecular weight excluding hydrogens is 316 g/mol. The number of nitrogens with zero attached hydrogens (tertiary/aromatic N) is 5. The number of nitrogens with one attached hydrogen (secondary N) is 1. The minimum absolute atomic E-state index is 0.217. The van der Waals surface area contributed by atoms with E-state index < -0.39 is 0 Å². The zero-order valence-corrected chi connectivity index (χ0v) is 13.8. The molecule has 0 saturated heterocycles. The van der Waals surface area contributed by atoms with Crippen LogP contribution in [-0.4, -0.2) is 30.1 Å². The van der Waals surface area contributed by atoms with Gasteiger partial charge in [-0.05, 0) is 38.1 Å². The number of benzene rings is 1. The number of hydrogen-bond acceptors (Lipinski definition) is 4. The minimum atomic E-state index is -0.217. The van der Waals surface area contributed by atoms with Crippen molar-refractivity contribution in [2.24, 2.45) is 0 Å². The highest BCUT2D eigenvalue weighted by atomic mass is 16.1. The molecule has 0 radical (unpaired) electrons. The van der Waals surface area contributed by atoms with Crippen LogP contribution in [-0.2, 0) is 0 Å². The summed E-state index contributed by atoms with van der Waals surface area (Å²) < 4.78 is 3.63. The molecule has 1 amide bonds. The van der Waals surface area contributed by atoms with Crippen molar-refractivity contribution >= 4 is 17.1 Å².